The predicted octanol–water partition coefficient (Wildman–Crippen LogP) is 1.14. The fraction of sp³-hybridized carbons (Fsp3) is 0.400. The Morgan fingerprint density at radius 1 is 1.33 bits per heavy atom. The lowest BCUT2D eigenvalue weighted by Gasteiger charge is -2.22. The van der Waals surface area contributed by atoms with Gasteiger partial charge < -0.3 is 14.4 Å². The van der Waals surface area contributed by atoms with Gasteiger partial charge in [-0.3, -0.25) is 9.59 Å². The van der Waals surface area contributed by atoms with E-state index < -0.39 is 24.0 Å². The molecule has 1 saturated heterocycles. The molecule has 1 amide bonds. The summed E-state index contributed by atoms with van der Waals surface area (Å²) in [5, 5.41) is 0. The van der Waals surface area contributed by atoms with Crippen LogP contribution in [0.3, 0.4) is 0 Å². The Bertz CT molecular complexity index is 542. The second kappa shape index (κ2) is 6.39. The Labute approximate surface area is 122 Å². The van der Waals surface area contributed by atoms with Crippen molar-refractivity contribution in [2.45, 2.75) is 19.4 Å². The van der Waals surface area contributed by atoms with Crippen LogP contribution in [-0.4, -0.2) is 37.6 Å². The maximum Gasteiger partial charge on any atom is 0.348 e. The number of carbonyl (C=O) groups is 3. The summed E-state index contributed by atoms with van der Waals surface area (Å²) >= 11 is 0. The van der Waals surface area contributed by atoms with Crippen LogP contribution in [0.1, 0.15) is 13.3 Å². The zero-order chi connectivity index (χ0) is 15.4. The normalized spacial score (nSPS) is 20.8. The molecule has 112 valence electrons. The van der Waals surface area contributed by atoms with Crippen molar-refractivity contribution in [3.63, 3.8) is 0 Å². The van der Waals surface area contributed by atoms with Crippen LogP contribution in [0, 0.1) is 5.92 Å². The van der Waals surface area contributed by atoms with Crippen LogP contribution < -0.4 is 4.90 Å². The van der Waals surface area contributed by atoms with Gasteiger partial charge in [-0.05, 0) is 19.1 Å². The van der Waals surface area contributed by atoms with Crippen LogP contribution in [0.25, 0.3) is 0 Å². The lowest BCUT2D eigenvalue weighted by Crippen LogP contribution is -2.40. The Kier molecular flexibility index (Phi) is 4.57. The first kappa shape index (κ1) is 15.0. The molecule has 1 aliphatic rings. The van der Waals surface area contributed by atoms with Crippen LogP contribution in [0.15, 0.2) is 30.3 Å². The summed E-state index contributed by atoms with van der Waals surface area (Å²) in [6.07, 6.45) is -1.27. The average Bonchev–Trinajstić information content (AvgIpc) is 2.89. The quantitative estimate of drug-likeness (QED) is 0.778. The Hall–Kier alpha value is -2.37. The molecule has 0 aromatic heterocycles. The minimum atomic E-state index is -1.16. The molecule has 1 aromatic carbocycles. The van der Waals surface area contributed by atoms with E-state index in [-0.39, 0.29) is 18.9 Å². The third-order valence-electron chi connectivity index (χ3n) is 3.32. The minimum Gasteiger partial charge on any atom is -0.463 e. The Morgan fingerprint density at radius 3 is 2.62 bits per heavy atom. The molecule has 0 spiro atoms. The molecule has 2 atom stereocenters. The SMILES string of the molecule is CCOC(=O)[C@@H]1OC(=O)C[C@@H]1C(=O)N(C)c1ccccc1. The number of amides is 1. The number of nitrogens with zero attached hydrogens (tertiary/aromatic N) is 1. The van der Waals surface area contributed by atoms with Crippen LogP contribution in [0.2, 0.25) is 0 Å². The standard InChI is InChI=1S/C15H17NO5/c1-3-20-15(19)13-11(9-12(17)21-13)14(18)16(2)10-7-5-4-6-8-10/h4-8,11,13H,3,9H2,1-2H3/t11-,13+/m0/s1. The highest BCUT2D eigenvalue weighted by Gasteiger charge is 2.46. The van der Waals surface area contributed by atoms with Crippen LogP contribution in [0.4, 0.5) is 5.69 Å². The summed E-state index contributed by atoms with van der Waals surface area (Å²) in [5.74, 6) is -2.43. The van der Waals surface area contributed by atoms with E-state index >= 15 is 0 Å². The molecule has 21 heavy (non-hydrogen) atoms. The number of para-hydroxylation sites is 1. The summed E-state index contributed by atoms with van der Waals surface area (Å²) in [4.78, 5) is 37.1. The van der Waals surface area contributed by atoms with Gasteiger partial charge in [-0.1, -0.05) is 18.2 Å². The minimum absolute atomic E-state index is 0.112. The number of cyclic esters (lactones) is 1. The molecular formula is C15H17NO5. The molecule has 0 aliphatic carbocycles. The van der Waals surface area contributed by atoms with Crippen LogP contribution in [-0.2, 0) is 23.9 Å². The number of carbonyl (C=O) groups excluding carboxylic acids is 3. The van der Waals surface area contributed by atoms with E-state index in [0.29, 0.717) is 5.69 Å². The molecule has 6 heteroatoms. The van der Waals surface area contributed by atoms with E-state index in [2.05, 4.69) is 0 Å². The van der Waals surface area contributed by atoms with Crippen molar-refractivity contribution in [2.24, 2.45) is 5.92 Å². The Balaban J connectivity index is 2.16. The van der Waals surface area contributed by atoms with Crippen molar-refractivity contribution in [3.8, 4) is 0 Å². The first-order valence-corrected chi connectivity index (χ1v) is 6.73. The van der Waals surface area contributed by atoms with Gasteiger partial charge in [0.1, 0.15) is 0 Å². The van der Waals surface area contributed by atoms with Gasteiger partial charge >= 0.3 is 11.9 Å². The van der Waals surface area contributed by atoms with Gasteiger partial charge in [0, 0.05) is 12.7 Å². The maximum atomic E-state index is 12.5. The molecule has 1 aromatic rings. The van der Waals surface area contributed by atoms with Crippen LogP contribution in [0.5, 0.6) is 0 Å². The third kappa shape index (κ3) is 3.21. The monoisotopic (exact) mass is 291 g/mol. The predicted molar refractivity (Wildman–Crippen MR) is 74.5 cm³/mol. The molecule has 0 N–H and O–H groups in total. The maximum absolute atomic E-state index is 12.5. The number of anilines is 1. The number of hydrogen-bond donors (Lipinski definition) is 0. The van der Waals surface area contributed by atoms with E-state index in [1.807, 2.05) is 6.07 Å². The molecule has 1 fully saturated rings. The molecule has 6 nitrogen and oxygen atoms in total. The molecule has 0 radical (unpaired) electrons. The average molecular weight is 291 g/mol. The van der Waals surface area contributed by atoms with Crippen molar-refractivity contribution in [1.82, 2.24) is 0 Å². The van der Waals surface area contributed by atoms with Gasteiger partial charge in [0.15, 0.2) is 0 Å². The summed E-state index contributed by atoms with van der Waals surface area (Å²) < 4.78 is 9.79. The van der Waals surface area contributed by atoms with E-state index in [9.17, 15) is 14.4 Å². The van der Waals surface area contributed by atoms with Gasteiger partial charge in [-0.2, -0.15) is 0 Å². The van der Waals surface area contributed by atoms with Gasteiger partial charge in [0.05, 0.1) is 18.9 Å². The lowest BCUT2D eigenvalue weighted by atomic mass is 9.99. The van der Waals surface area contributed by atoms with Crippen molar-refractivity contribution in [3.05, 3.63) is 30.3 Å². The van der Waals surface area contributed by atoms with Crippen LogP contribution >= 0.6 is 0 Å². The molecule has 0 unspecified atom stereocenters. The summed E-state index contributed by atoms with van der Waals surface area (Å²) in [7, 11) is 1.60. The van der Waals surface area contributed by atoms with Gasteiger partial charge in [-0.15, -0.1) is 0 Å². The van der Waals surface area contributed by atoms with E-state index in [4.69, 9.17) is 9.47 Å². The zero-order valence-corrected chi connectivity index (χ0v) is 11.9. The van der Waals surface area contributed by atoms with E-state index in [1.54, 1.807) is 38.2 Å². The van der Waals surface area contributed by atoms with Gasteiger partial charge in [-0.25, -0.2) is 4.79 Å². The largest absolute Gasteiger partial charge is 0.463 e. The fourth-order valence-corrected chi connectivity index (χ4v) is 2.24. The molecule has 1 heterocycles. The molecule has 0 saturated carbocycles. The second-order valence-corrected chi connectivity index (χ2v) is 4.71. The highest BCUT2D eigenvalue weighted by molar-refractivity contribution is 6.01. The van der Waals surface area contributed by atoms with Gasteiger partial charge in [0.2, 0.25) is 12.0 Å². The fourth-order valence-electron chi connectivity index (χ4n) is 2.24. The lowest BCUT2D eigenvalue weighted by molar-refractivity contribution is -0.163. The highest BCUT2D eigenvalue weighted by atomic mass is 16.6. The molecule has 1 aliphatic heterocycles. The van der Waals surface area contributed by atoms with E-state index in [1.165, 1.54) is 4.90 Å². The number of benzene rings is 1. The van der Waals surface area contributed by atoms with Crippen molar-refractivity contribution >= 4 is 23.5 Å². The van der Waals surface area contributed by atoms with Crippen molar-refractivity contribution in [2.75, 3.05) is 18.6 Å². The summed E-state index contributed by atoms with van der Waals surface area (Å²) in [6, 6.07) is 8.99. The van der Waals surface area contributed by atoms with Crippen molar-refractivity contribution in [1.29, 1.82) is 0 Å². The second-order valence-electron chi connectivity index (χ2n) is 4.71. The molecular weight excluding hydrogens is 274 g/mol. The van der Waals surface area contributed by atoms with Gasteiger partial charge in [0.25, 0.3) is 0 Å². The zero-order valence-electron chi connectivity index (χ0n) is 11.9. The first-order chi connectivity index (χ1) is 10.0. The Morgan fingerprint density at radius 2 is 2.00 bits per heavy atom. The third-order valence-corrected chi connectivity index (χ3v) is 3.32. The number of hydrogen-bond acceptors (Lipinski definition) is 5. The summed E-state index contributed by atoms with van der Waals surface area (Å²) in [6.45, 7) is 1.82. The number of ether oxygens (including phenoxy) is 2. The summed E-state index contributed by atoms with van der Waals surface area (Å²) in [5.41, 5.74) is 0.685. The van der Waals surface area contributed by atoms with Crippen molar-refractivity contribution < 1.29 is 23.9 Å². The smallest absolute Gasteiger partial charge is 0.348 e. The number of rotatable bonds is 4. The first-order valence-electron chi connectivity index (χ1n) is 6.73. The number of esters is 2. The molecule has 0 bridgehead atoms. The molecule has 2 rings (SSSR count). The topological polar surface area (TPSA) is 72.9 Å². The highest BCUT2D eigenvalue weighted by Crippen LogP contribution is 2.27. The van der Waals surface area contributed by atoms with E-state index in [0.717, 1.165) is 0 Å².